The summed E-state index contributed by atoms with van der Waals surface area (Å²) in [6.45, 7) is 3.62. The number of thioether (sulfide) groups is 1. The van der Waals surface area contributed by atoms with Crippen molar-refractivity contribution in [1.29, 1.82) is 0 Å². The molecule has 2 amide bonds. The van der Waals surface area contributed by atoms with Gasteiger partial charge in [-0.25, -0.2) is 0 Å². The molecule has 0 saturated carbocycles. The van der Waals surface area contributed by atoms with Crippen LogP contribution in [0.1, 0.15) is 32.3 Å². The van der Waals surface area contributed by atoms with Crippen molar-refractivity contribution in [1.82, 2.24) is 4.90 Å². The first-order chi connectivity index (χ1) is 12.4. The van der Waals surface area contributed by atoms with Crippen LogP contribution in [0.5, 0.6) is 11.5 Å². The molecule has 8 heteroatoms. The Morgan fingerprint density at radius 1 is 1.31 bits per heavy atom. The largest absolute Gasteiger partial charge is 0.493 e. The number of amides is 2. The molecule has 1 saturated heterocycles. The maximum absolute atomic E-state index is 12.4. The summed E-state index contributed by atoms with van der Waals surface area (Å²) in [4.78, 5) is 37.6. The van der Waals surface area contributed by atoms with E-state index in [0.717, 1.165) is 17.3 Å². The van der Waals surface area contributed by atoms with E-state index in [-0.39, 0.29) is 23.6 Å². The number of rotatable bonds is 8. The lowest BCUT2D eigenvalue weighted by atomic mass is 10.1. The predicted molar refractivity (Wildman–Crippen MR) is 101 cm³/mol. The third-order valence-corrected chi connectivity index (χ3v) is 5.17. The van der Waals surface area contributed by atoms with Gasteiger partial charge in [-0.3, -0.25) is 19.3 Å². The molecule has 0 radical (unpaired) electrons. The molecule has 0 spiro atoms. The van der Waals surface area contributed by atoms with E-state index in [9.17, 15) is 14.4 Å². The lowest BCUT2D eigenvalue weighted by Gasteiger charge is -2.18. The van der Waals surface area contributed by atoms with E-state index < -0.39 is 11.2 Å². The normalized spacial score (nSPS) is 17.1. The van der Waals surface area contributed by atoms with Gasteiger partial charge in [-0.05, 0) is 44.4 Å². The molecule has 6 nitrogen and oxygen atoms in total. The Morgan fingerprint density at radius 3 is 2.62 bits per heavy atom. The summed E-state index contributed by atoms with van der Waals surface area (Å²) in [6, 6.07) is 4.99. The Bertz CT molecular complexity index is 694. The summed E-state index contributed by atoms with van der Waals surface area (Å²) in [5, 5.41) is -0.700. The van der Waals surface area contributed by atoms with Crippen molar-refractivity contribution < 1.29 is 23.9 Å². The van der Waals surface area contributed by atoms with Gasteiger partial charge in [0.15, 0.2) is 11.5 Å². The second kappa shape index (κ2) is 9.28. The zero-order valence-corrected chi connectivity index (χ0v) is 16.6. The highest BCUT2D eigenvalue weighted by Crippen LogP contribution is 2.34. The molecule has 26 heavy (non-hydrogen) atoms. The van der Waals surface area contributed by atoms with Gasteiger partial charge in [0.05, 0.1) is 12.4 Å². The molecule has 1 heterocycles. The fourth-order valence-corrected chi connectivity index (χ4v) is 3.88. The van der Waals surface area contributed by atoms with Crippen molar-refractivity contribution in [2.45, 2.75) is 44.4 Å². The molecule has 0 bridgehead atoms. The van der Waals surface area contributed by atoms with Crippen molar-refractivity contribution in [2.24, 2.45) is 0 Å². The van der Waals surface area contributed by atoms with Gasteiger partial charge >= 0.3 is 5.97 Å². The van der Waals surface area contributed by atoms with Gasteiger partial charge in [0.25, 0.3) is 5.24 Å². The van der Waals surface area contributed by atoms with Crippen LogP contribution < -0.4 is 9.47 Å². The van der Waals surface area contributed by atoms with Crippen LogP contribution in [0.3, 0.4) is 0 Å². The Hall–Kier alpha value is -1.73. The Morgan fingerprint density at radius 2 is 2.04 bits per heavy atom. The highest BCUT2D eigenvalue weighted by molar-refractivity contribution is 8.15. The summed E-state index contributed by atoms with van der Waals surface area (Å²) >= 11 is 6.62. The average molecular weight is 400 g/mol. The number of carbonyl (C=O) groups is 3. The monoisotopic (exact) mass is 399 g/mol. The van der Waals surface area contributed by atoms with Gasteiger partial charge in [0.2, 0.25) is 5.91 Å². The zero-order chi connectivity index (χ0) is 19.3. The van der Waals surface area contributed by atoms with Gasteiger partial charge < -0.3 is 9.47 Å². The van der Waals surface area contributed by atoms with Crippen molar-refractivity contribution in [3.8, 4) is 11.5 Å². The van der Waals surface area contributed by atoms with Gasteiger partial charge in [-0.2, -0.15) is 0 Å². The zero-order valence-electron chi connectivity index (χ0n) is 15.0. The van der Waals surface area contributed by atoms with Crippen LogP contribution in [-0.2, 0) is 16.0 Å². The molecular formula is C18H22ClNO5S. The molecule has 142 valence electrons. The first-order valence-electron chi connectivity index (χ1n) is 8.34. The minimum atomic E-state index is -0.474. The van der Waals surface area contributed by atoms with E-state index in [1.165, 1.54) is 12.0 Å². The molecule has 2 rings (SSSR count). The quantitative estimate of drug-likeness (QED) is 0.377. The van der Waals surface area contributed by atoms with Crippen LogP contribution >= 0.6 is 23.4 Å². The summed E-state index contributed by atoms with van der Waals surface area (Å²) in [7, 11) is 1.49. The average Bonchev–Trinajstić information content (AvgIpc) is 2.87. The lowest BCUT2D eigenvalue weighted by molar-refractivity contribution is -0.134. The predicted octanol–water partition coefficient (Wildman–Crippen LogP) is 3.63. The van der Waals surface area contributed by atoms with Crippen molar-refractivity contribution in [3.05, 3.63) is 23.8 Å². The highest BCUT2D eigenvalue weighted by Gasteiger charge is 2.40. The van der Waals surface area contributed by atoms with Gasteiger partial charge in [0.1, 0.15) is 0 Å². The number of hydrogen-bond donors (Lipinski definition) is 0. The molecule has 1 aromatic rings. The summed E-state index contributed by atoms with van der Waals surface area (Å²) in [5.41, 5.74) is 0.787. The molecular weight excluding hydrogens is 378 g/mol. The Balaban J connectivity index is 2.13. The SMILES string of the molecule is COc1ccc(CC2SC(=O)N(C(C)C)C2=O)cc1OC(=O)CCCCl. The molecule has 1 aliphatic heterocycles. The van der Waals surface area contributed by atoms with E-state index in [4.69, 9.17) is 21.1 Å². The van der Waals surface area contributed by atoms with Gasteiger partial charge in [-0.15, -0.1) is 11.6 Å². The fourth-order valence-electron chi connectivity index (χ4n) is 2.60. The van der Waals surface area contributed by atoms with Crippen LogP contribution in [0.25, 0.3) is 0 Å². The van der Waals surface area contributed by atoms with Crippen LogP contribution in [0.15, 0.2) is 18.2 Å². The summed E-state index contributed by atoms with van der Waals surface area (Å²) in [5.74, 6) is 0.526. The number of hydrogen-bond acceptors (Lipinski definition) is 6. The van der Waals surface area contributed by atoms with Crippen LogP contribution in [0.2, 0.25) is 0 Å². The van der Waals surface area contributed by atoms with Gasteiger partial charge in [0, 0.05) is 18.3 Å². The number of ether oxygens (including phenoxy) is 2. The molecule has 1 unspecified atom stereocenters. The van der Waals surface area contributed by atoms with E-state index >= 15 is 0 Å². The molecule has 1 aliphatic rings. The third kappa shape index (κ3) is 4.92. The third-order valence-electron chi connectivity index (χ3n) is 3.86. The Labute approximate surface area is 162 Å². The smallest absolute Gasteiger partial charge is 0.311 e. The molecule has 0 aromatic heterocycles. The van der Waals surface area contributed by atoms with E-state index in [2.05, 4.69) is 0 Å². The molecule has 1 fully saturated rings. The minimum absolute atomic E-state index is 0.165. The topological polar surface area (TPSA) is 72.9 Å². The number of halogens is 1. The molecule has 0 aliphatic carbocycles. The maximum atomic E-state index is 12.4. The number of esters is 1. The molecule has 1 aromatic carbocycles. The second-order valence-corrected chi connectivity index (χ2v) is 7.66. The van der Waals surface area contributed by atoms with Crippen LogP contribution in [0.4, 0.5) is 4.79 Å². The first-order valence-corrected chi connectivity index (χ1v) is 9.76. The summed E-state index contributed by atoms with van der Waals surface area (Å²) in [6.07, 6.45) is 1.11. The Kier molecular flexibility index (Phi) is 7.34. The van der Waals surface area contributed by atoms with Crippen LogP contribution in [0, 0.1) is 0 Å². The number of methoxy groups -OCH3 is 1. The van der Waals surface area contributed by atoms with Gasteiger partial charge in [-0.1, -0.05) is 17.8 Å². The number of alkyl halides is 1. The maximum Gasteiger partial charge on any atom is 0.311 e. The van der Waals surface area contributed by atoms with Crippen molar-refractivity contribution in [3.63, 3.8) is 0 Å². The number of benzene rings is 1. The van der Waals surface area contributed by atoms with E-state index in [1.807, 2.05) is 13.8 Å². The lowest BCUT2D eigenvalue weighted by Crippen LogP contribution is -2.37. The van der Waals surface area contributed by atoms with Crippen LogP contribution in [-0.4, -0.2) is 46.3 Å². The highest BCUT2D eigenvalue weighted by atomic mass is 35.5. The standard InChI is InChI=1S/C18H22ClNO5S/c1-11(2)20-17(22)15(26-18(20)23)10-12-6-7-13(24-3)14(9-12)25-16(21)5-4-8-19/h6-7,9,11,15H,4-5,8,10H2,1-3H3. The summed E-state index contributed by atoms with van der Waals surface area (Å²) < 4.78 is 10.6. The second-order valence-electron chi connectivity index (χ2n) is 6.13. The molecule has 0 N–H and O–H groups in total. The van der Waals surface area contributed by atoms with Crippen molar-refractivity contribution >= 4 is 40.5 Å². The van der Waals surface area contributed by atoms with E-state index in [1.54, 1.807) is 18.2 Å². The van der Waals surface area contributed by atoms with Crippen molar-refractivity contribution in [2.75, 3.05) is 13.0 Å². The number of carbonyl (C=O) groups excluding carboxylic acids is 3. The minimum Gasteiger partial charge on any atom is -0.493 e. The molecule has 1 atom stereocenters. The fraction of sp³-hybridized carbons (Fsp3) is 0.500. The number of nitrogens with zero attached hydrogens (tertiary/aromatic N) is 1. The number of imide groups is 1. The van der Waals surface area contributed by atoms with E-state index in [0.29, 0.717) is 30.2 Å². The first kappa shape index (κ1) is 20.6.